The molecular formula is C15H16O3S. The van der Waals surface area contributed by atoms with Crippen LogP contribution in [0.1, 0.15) is 24.1 Å². The summed E-state index contributed by atoms with van der Waals surface area (Å²) in [6, 6.07) is 11.9. The van der Waals surface area contributed by atoms with Crippen LogP contribution in [0.25, 0.3) is 10.4 Å². The molecule has 1 N–H and O–H groups in total. The van der Waals surface area contributed by atoms with Crippen LogP contribution in [0.15, 0.2) is 36.4 Å². The van der Waals surface area contributed by atoms with Gasteiger partial charge in [0.05, 0.1) is 13.5 Å². The summed E-state index contributed by atoms with van der Waals surface area (Å²) in [4.78, 5) is 12.9. The van der Waals surface area contributed by atoms with Gasteiger partial charge in [-0.1, -0.05) is 19.1 Å². The van der Waals surface area contributed by atoms with Gasteiger partial charge >= 0.3 is 5.97 Å². The van der Waals surface area contributed by atoms with Crippen LogP contribution < -0.4 is 4.74 Å². The molecule has 0 aliphatic heterocycles. The van der Waals surface area contributed by atoms with Crippen LogP contribution in [0.5, 0.6) is 5.75 Å². The number of benzene rings is 1. The van der Waals surface area contributed by atoms with Crippen LogP contribution in [0.4, 0.5) is 0 Å². The maximum Gasteiger partial charge on any atom is 0.303 e. The standard InChI is InChI=1S/C15H16O3S/c1-10(9-15(16)17)13-7-8-14(19-13)11-5-3-4-6-12(11)18-2/h3-8,10H,9H2,1-2H3,(H,16,17). The zero-order valence-electron chi connectivity index (χ0n) is 10.9. The van der Waals surface area contributed by atoms with Crippen LogP contribution >= 0.6 is 11.3 Å². The Kier molecular flexibility index (Phi) is 4.22. The molecule has 2 rings (SSSR count). The maximum absolute atomic E-state index is 10.7. The van der Waals surface area contributed by atoms with Crippen molar-refractivity contribution in [3.63, 3.8) is 0 Å². The third-order valence-corrected chi connectivity index (χ3v) is 4.32. The van der Waals surface area contributed by atoms with Crippen LogP contribution in [-0.4, -0.2) is 18.2 Å². The molecule has 0 fully saturated rings. The van der Waals surface area contributed by atoms with Crippen molar-refractivity contribution < 1.29 is 14.6 Å². The first-order chi connectivity index (χ1) is 9.11. The van der Waals surface area contributed by atoms with E-state index in [2.05, 4.69) is 0 Å². The van der Waals surface area contributed by atoms with Crippen molar-refractivity contribution in [2.75, 3.05) is 7.11 Å². The molecule has 0 aliphatic carbocycles. The van der Waals surface area contributed by atoms with Gasteiger partial charge in [-0.2, -0.15) is 0 Å². The van der Waals surface area contributed by atoms with Gasteiger partial charge in [0.15, 0.2) is 0 Å². The Hall–Kier alpha value is -1.81. The van der Waals surface area contributed by atoms with E-state index in [4.69, 9.17) is 9.84 Å². The number of carboxylic acids is 1. The number of carboxylic acid groups (broad SMARTS) is 1. The first-order valence-electron chi connectivity index (χ1n) is 6.06. The van der Waals surface area contributed by atoms with Crippen molar-refractivity contribution in [3.05, 3.63) is 41.3 Å². The fourth-order valence-electron chi connectivity index (χ4n) is 1.97. The van der Waals surface area contributed by atoms with E-state index in [-0.39, 0.29) is 12.3 Å². The molecule has 1 aromatic heterocycles. The minimum Gasteiger partial charge on any atom is -0.496 e. The molecular weight excluding hydrogens is 260 g/mol. The highest BCUT2D eigenvalue weighted by atomic mass is 32.1. The van der Waals surface area contributed by atoms with E-state index in [0.717, 1.165) is 21.1 Å². The number of carbonyl (C=O) groups is 1. The van der Waals surface area contributed by atoms with Gasteiger partial charge in [0.1, 0.15) is 5.75 Å². The Balaban J connectivity index is 2.28. The van der Waals surface area contributed by atoms with Crippen molar-refractivity contribution in [1.29, 1.82) is 0 Å². The quantitative estimate of drug-likeness (QED) is 0.897. The number of thiophene rings is 1. The summed E-state index contributed by atoms with van der Waals surface area (Å²) in [6.45, 7) is 1.94. The van der Waals surface area contributed by atoms with Gasteiger partial charge in [-0.05, 0) is 24.3 Å². The normalized spacial score (nSPS) is 12.1. The van der Waals surface area contributed by atoms with Crippen LogP contribution in [-0.2, 0) is 4.79 Å². The van der Waals surface area contributed by atoms with Gasteiger partial charge in [-0.3, -0.25) is 4.79 Å². The third-order valence-electron chi connectivity index (χ3n) is 2.97. The highest BCUT2D eigenvalue weighted by Gasteiger charge is 2.14. The molecule has 1 aromatic carbocycles. The van der Waals surface area contributed by atoms with E-state index >= 15 is 0 Å². The number of hydrogen-bond donors (Lipinski definition) is 1. The second-order valence-electron chi connectivity index (χ2n) is 4.40. The van der Waals surface area contributed by atoms with Crippen molar-refractivity contribution in [1.82, 2.24) is 0 Å². The van der Waals surface area contributed by atoms with E-state index in [1.54, 1.807) is 18.4 Å². The van der Waals surface area contributed by atoms with E-state index in [0.29, 0.717) is 0 Å². The molecule has 4 heteroatoms. The van der Waals surface area contributed by atoms with Gasteiger partial charge in [-0.15, -0.1) is 11.3 Å². The van der Waals surface area contributed by atoms with Crippen molar-refractivity contribution in [3.8, 4) is 16.2 Å². The molecule has 0 saturated carbocycles. The lowest BCUT2D eigenvalue weighted by atomic mass is 10.1. The average molecular weight is 276 g/mol. The molecule has 1 unspecified atom stereocenters. The second kappa shape index (κ2) is 5.89. The number of hydrogen-bond acceptors (Lipinski definition) is 3. The number of aliphatic carboxylic acids is 1. The minimum absolute atomic E-state index is 0.0333. The summed E-state index contributed by atoms with van der Waals surface area (Å²) in [6.07, 6.45) is 0.159. The highest BCUT2D eigenvalue weighted by molar-refractivity contribution is 7.15. The molecule has 0 spiro atoms. The first kappa shape index (κ1) is 13.6. The van der Waals surface area contributed by atoms with Gasteiger partial charge in [0.25, 0.3) is 0 Å². The topological polar surface area (TPSA) is 46.5 Å². The molecule has 19 heavy (non-hydrogen) atoms. The molecule has 0 bridgehead atoms. The number of methoxy groups -OCH3 is 1. The molecule has 0 radical (unpaired) electrons. The van der Waals surface area contributed by atoms with Gasteiger partial charge < -0.3 is 9.84 Å². The monoisotopic (exact) mass is 276 g/mol. The second-order valence-corrected chi connectivity index (χ2v) is 5.52. The fourth-order valence-corrected chi connectivity index (χ4v) is 3.06. The highest BCUT2D eigenvalue weighted by Crippen LogP contribution is 2.37. The summed E-state index contributed by atoms with van der Waals surface area (Å²) >= 11 is 1.62. The van der Waals surface area contributed by atoms with Crippen molar-refractivity contribution >= 4 is 17.3 Å². The third kappa shape index (κ3) is 3.15. The average Bonchev–Trinajstić information content (AvgIpc) is 2.87. The lowest BCUT2D eigenvalue weighted by Gasteiger charge is -2.07. The van der Waals surface area contributed by atoms with Gasteiger partial charge in [0.2, 0.25) is 0 Å². The molecule has 2 aromatic rings. The maximum atomic E-state index is 10.7. The van der Waals surface area contributed by atoms with Crippen molar-refractivity contribution in [2.24, 2.45) is 0 Å². The molecule has 1 heterocycles. The predicted octanol–water partition coefficient (Wildman–Crippen LogP) is 4.00. The van der Waals surface area contributed by atoms with E-state index < -0.39 is 5.97 Å². The van der Waals surface area contributed by atoms with E-state index in [1.165, 1.54) is 0 Å². The lowest BCUT2D eigenvalue weighted by Crippen LogP contribution is -2.00. The van der Waals surface area contributed by atoms with Crippen LogP contribution in [0.2, 0.25) is 0 Å². The Morgan fingerprint density at radius 3 is 2.74 bits per heavy atom. The first-order valence-corrected chi connectivity index (χ1v) is 6.88. The lowest BCUT2D eigenvalue weighted by molar-refractivity contribution is -0.137. The van der Waals surface area contributed by atoms with Gasteiger partial charge in [0, 0.05) is 21.2 Å². The zero-order valence-corrected chi connectivity index (χ0v) is 11.7. The Morgan fingerprint density at radius 1 is 1.32 bits per heavy atom. The fraction of sp³-hybridized carbons (Fsp3) is 0.267. The molecule has 0 aliphatic rings. The summed E-state index contributed by atoms with van der Waals surface area (Å²) in [5, 5.41) is 8.84. The van der Waals surface area contributed by atoms with E-state index in [1.807, 2.05) is 43.3 Å². The summed E-state index contributed by atoms with van der Waals surface area (Å²) < 4.78 is 5.35. The number of ether oxygens (including phenoxy) is 1. The number of rotatable bonds is 5. The smallest absolute Gasteiger partial charge is 0.303 e. The number of para-hydroxylation sites is 1. The predicted molar refractivity (Wildman–Crippen MR) is 77.0 cm³/mol. The largest absolute Gasteiger partial charge is 0.496 e. The summed E-state index contributed by atoms with van der Waals surface area (Å²) in [7, 11) is 1.65. The van der Waals surface area contributed by atoms with E-state index in [9.17, 15) is 4.79 Å². The zero-order chi connectivity index (χ0) is 13.8. The molecule has 0 saturated heterocycles. The SMILES string of the molecule is COc1ccccc1-c1ccc(C(C)CC(=O)O)s1. The Labute approximate surface area is 116 Å². The minimum atomic E-state index is -0.764. The van der Waals surface area contributed by atoms with Crippen LogP contribution in [0.3, 0.4) is 0 Å². The molecule has 0 amide bonds. The Bertz CT molecular complexity index is 574. The van der Waals surface area contributed by atoms with Crippen LogP contribution in [0, 0.1) is 0 Å². The molecule has 3 nitrogen and oxygen atoms in total. The van der Waals surface area contributed by atoms with Crippen molar-refractivity contribution in [2.45, 2.75) is 19.3 Å². The summed E-state index contributed by atoms with van der Waals surface area (Å²) in [5.74, 6) is 0.104. The van der Waals surface area contributed by atoms with Gasteiger partial charge in [-0.25, -0.2) is 0 Å². The molecule has 1 atom stereocenters. The molecule has 100 valence electrons. The Morgan fingerprint density at radius 2 is 2.05 bits per heavy atom. The summed E-state index contributed by atoms with van der Waals surface area (Å²) in [5.41, 5.74) is 1.05.